The molecule has 0 N–H and O–H groups in total. The molecular formula is C5H11NSe. The van der Waals surface area contributed by atoms with Gasteiger partial charge in [0.1, 0.15) is 0 Å². The second-order valence-electron chi connectivity index (χ2n) is 2.01. The molecule has 1 rings (SSSR count). The maximum atomic E-state index is 2.60. The number of hydrogen-bond acceptors (Lipinski definition) is 1. The Hall–Kier alpha value is 0.479. The Balaban J connectivity index is 2.12. The number of hydrogen-bond donors (Lipinski definition) is 0. The topological polar surface area (TPSA) is 3.24 Å². The molecule has 1 aliphatic heterocycles. The van der Waals surface area contributed by atoms with Crippen molar-refractivity contribution < 1.29 is 0 Å². The molecule has 0 radical (unpaired) electrons. The molecule has 1 nitrogen and oxygen atoms in total. The van der Waals surface area contributed by atoms with Crippen molar-refractivity contribution >= 4 is 16.2 Å². The Labute approximate surface area is 53.1 Å². The van der Waals surface area contributed by atoms with Crippen LogP contribution in [0.15, 0.2) is 0 Å². The van der Waals surface area contributed by atoms with Gasteiger partial charge >= 0.3 is 52.5 Å². The Morgan fingerprint density at radius 3 is 1.86 bits per heavy atom. The molecule has 0 spiro atoms. The molecule has 0 aromatic heterocycles. The van der Waals surface area contributed by atoms with Crippen LogP contribution in [0.1, 0.15) is 19.3 Å². The van der Waals surface area contributed by atoms with Crippen LogP contribution in [0.3, 0.4) is 0 Å². The van der Waals surface area contributed by atoms with Crippen LogP contribution >= 0.6 is 0 Å². The van der Waals surface area contributed by atoms with Crippen molar-refractivity contribution in [2.45, 2.75) is 19.3 Å². The first-order valence-corrected chi connectivity index (χ1v) is 3.67. The van der Waals surface area contributed by atoms with E-state index in [2.05, 4.69) is 20.1 Å². The second-order valence-corrected chi connectivity index (χ2v) is 3.20. The molecule has 1 aliphatic rings. The molecule has 0 saturated carbocycles. The molecule has 42 valence electrons. The van der Waals surface area contributed by atoms with Crippen LogP contribution in [0.5, 0.6) is 0 Å². The Kier molecular flexibility index (Phi) is 2.17. The van der Waals surface area contributed by atoms with Crippen LogP contribution in [-0.2, 0) is 0 Å². The van der Waals surface area contributed by atoms with Crippen molar-refractivity contribution in [1.82, 2.24) is 3.92 Å². The molecule has 0 aliphatic carbocycles. The molecular weight excluding hydrogens is 153 g/mol. The van der Waals surface area contributed by atoms with Gasteiger partial charge in [-0.25, -0.2) is 0 Å². The molecule has 1 heterocycles. The van der Waals surface area contributed by atoms with E-state index >= 15 is 0 Å². The molecule has 0 aromatic rings. The average molecular weight is 164 g/mol. The molecule has 0 unspecified atom stereocenters. The third-order valence-corrected chi connectivity index (χ3v) is 2.17. The van der Waals surface area contributed by atoms with Crippen LogP contribution in [0.2, 0.25) is 0 Å². The molecule has 7 heavy (non-hydrogen) atoms. The van der Waals surface area contributed by atoms with Gasteiger partial charge in [-0.05, 0) is 0 Å². The van der Waals surface area contributed by atoms with Crippen molar-refractivity contribution in [2.24, 2.45) is 0 Å². The molecule has 0 atom stereocenters. The molecule has 2 heteroatoms. The van der Waals surface area contributed by atoms with Gasteiger partial charge < -0.3 is 0 Å². The predicted octanol–water partition coefficient (Wildman–Crippen LogP) is 0.288. The third kappa shape index (κ3) is 1.81. The van der Waals surface area contributed by atoms with E-state index in [1.165, 1.54) is 32.4 Å². The normalized spacial score (nSPS) is 25.3. The van der Waals surface area contributed by atoms with Crippen molar-refractivity contribution in [2.75, 3.05) is 13.1 Å². The van der Waals surface area contributed by atoms with E-state index in [9.17, 15) is 0 Å². The Morgan fingerprint density at radius 2 is 1.57 bits per heavy atom. The van der Waals surface area contributed by atoms with Crippen molar-refractivity contribution in [3.63, 3.8) is 0 Å². The summed E-state index contributed by atoms with van der Waals surface area (Å²) in [4.78, 5) is 0. The summed E-state index contributed by atoms with van der Waals surface area (Å²) in [6, 6.07) is 0. The van der Waals surface area contributed by atoms with Gasteiger partial charge in [0.25, 0.3) is 0 Å². The van der Waals surface area contributed by atoms with E-state index < -0.39 is 0 Å². The summed E-state index contributed by atoms with van der Waals surface area (Å²) < 4.78 is 2.33. The summed E-state index contributed by atoms with van der Waals surface area (Å²) in [5.74, 6) is 0. The number of piperidine rings is 1. The summed E-state index contributed by atoms with van der Waals surface area (Å²) in [5, 5.41) is 0. The predicted molar refractivity (Wildman–Crippen MR) is 32.6 cm³/mol. The molecule has 1 saturated heterocycles. The van der Waals surface area contributed by atoms with Gasteiger partial charge in [-0.2, -0.15) is 0 Å². The Bertz CT molecular complexity index is 50.0. The molecule has 0 amide bonds. The van der Waals surface area contributed by atoms with Gasteiger partial charge in [0, 0.05) is 0 Å². The molecule has 0 aromatic carbocycles. The summed E-state index contributed by atoms with van der Waals surface area (Å²) in [6.07, 6.45) is 4.23. The quantitative estimate of drug-likeness (QED) is 0.465. The Morgan fingerprint density at radius 1 is 1.00 bits per heavy atom. The van der Waals surface area contributed by atoms with Gasteiger partial charge in [0.2, 0.25) is 0 Å². The zero-order chi connectivity index (χ0) is 5.11. The van der Waals surface area contributed by atoms with E-state index in [-0.39, 0.29) is 0 Å². The zero-order valence-electron chi connectivity index (χ0n) is 4.43. The van der Waals surface area contributed by atoms with Crippen molar-refractivity contribution in [3.8, 4) is 0 Å². The van der Waals surface area contributed by atoms with Crippen LogP contribution in [0, 0.1) is 0 Å². The first-order chi connectivity index (χ1) is 3.39. The first kappa shape index (κ1) is 5.61. The number of nitrogens with zero attached hydrogens (tertiary/aromatic N) is 1. The van der Waals surface area contributed by atoms with Gasteiger partial charge in [0.05, 0.1) is 0 Å². The molecule has 1 fully saturated rings. The standard InChI is InChI=1S/C5H11NSe/c7-6-4-2-1-3-5-6/h7H,1-5H2. The van der Waals surface area contributed by atoms with Crippen molar-refractivity contribution in [1.29, 1.82) is 0 Å². The SMILES string of the molecule is [SeH]N1CCCCC1. The van der Waals surface area contributed by atoms with Gasteiger partial charge in [-0.15, -0.1) is 0 Å². The third-order valence-electron chi connectivity index (χ3n) is 1.33. The minimum absolute atomic E-state index is 1.29. The van der Waals surface area contributed by atoms with E-state index in [0.717, 1.165) is 0 Å². The van der Waals surface area contributed by atoms with Gasteiger partial charge in [-0.1, -0.05) is 0 Å². The molecule has 0 bridgehead atoms. The summed E-state index contributed by atoms with van der Waals surface area (Å²) in [7, 11) is 0. The van der Waals surface area contributed by atoms with Crippen LogP contribution in [0.4, 0.5) is 0 Å². The van der Waals surface area contributed by atoms with Crippen molar-refractivity contribution in [3.05, 3.63) is 0 Å². The van der Waals surface area contributed by atoms with Gasteiger partial charge in [0.15, 0.2) is 0 Å². The van der Waals surface area contributed by atoms with E-state index in [1.54, 1.807) is 0 Å². The zero-order valence-corrected chi connectivity index (χ0v) is 6.31. The van der Waals surface area contributed by atoms with Crippen LogP contribution in [-0.4, -0.2) is 33.2 Å². The fourth-order valence-corrected chi connectivity index (χ4v) is 1.47. The average Bonchev–Trinajstić information content (AvgIpc) is 1.69. The second kappa shape index (κ2) is 2.71. The monoisotopic (exact) mass is 165 g/mol. The number of rotatable bonds is 0. The fraction of sp³-hybridized carbons (Fsp3) is 1.00. The fourth-order valence-electron chi connectivity index (χ4n) is 0.877. The van der Waals surface area contributed by atoms with E-state index in [4.69, 9.17) is 0 Å². The minimum atomic E-state index is 1.29. The summed E-state index contributed by atoms with van der Waals surface area (Å²) in [5.41, 5.74) is 0. The van der Waals surface area contributed by atoms with E-state index in [0.29, 0.717) is 0 Å². The summed E-state index contributed by atoms with van der Waals surface area (Å²) in [6.45, 7) is 2.58. The maximum absolute atomic E-state index is 2.60. The van der Waals surface area contributed by atoms with Crippen LogP contribution < -0.4 is 0 Å². The van der Waals surface area contributed by atoms with Gasteiger partial charge in [-0.3, -0.25) is 0 Å². The summed E-state index contributed by atoms with van der Waals surface area (Å²) >= 11 is 2.60. The first-order valence-electron chi connectivity index (χ1n) is 2.83. The van der Waals surface area contributed by atoms with E-state index in [1.807, 2.05) is 0 Å². The van der Waals surface area contributed by atoms with Crippen LogP contribution in [0.25, 0.3) is 0 Å².